The first-order chi connectivity index (χ1) is 8.61. The molecule has 0 saturated heterocycles. The second-order valence-corrected chi connectivity index (χ2v) is 4.29. The van der Waals surface area contributed by atoms with E-state index in [0.29, 0.717) is 10.6 Å². The number of pyridine rings is 1. The van der Waals surface area contributed by atoms with Gasteiger partial charge >= 0.3 is 0 Å². The molecule has 0 amide bonds. The van der Waals surface area contributed by atoms with Crippen LogP contribution < -0.4 is 10.5 Å². The Morgan fingerprint density at radius 1 is 1.28 bits per heavy atom. The van der Waals surface area contributed by atoms with Gasteiger partial charge in [-0.25, -0.2) is 9.37 Å². The lowest BCUT2D eigenvalue weighted by Crippen LogP contribution is -1.99. The minimum atomic E-state index is -0.634. The molecule has 0 radical (unpaired) electrons. The van der Waals surface area contributed by atoms with Crippen LogP contribution in [0.15, 0.2) is 30.5 Å². The summed E-state index contributed by atoms with van der Waals surface area (Å²) in [5.41, 5.74) is 6.17. The second-order valence-electron chi connectivity index (χ2n) is 3.47. The first-order valence-electron chi connectivity index (χ1n) is 5.08. The Morgan fingerprint density at radius 2 is 2.06 bits per heavy atom. The van der Waals surface area contributed by atoms with E-state index in [4.69, 9.17) is 33.7 Å². The van der Waals surface area contributed by atoms with E-state index >= 15 is 0 Å². The van der Waals surface area contributed by atoms with Gasteiger partial charge < -0.3 is 10.5 Å². The number of nitrogens with zero attached hydrogens (tertiary/aromatic N) is 1. The van der Waals surface area contributed by atoms with Crippen LogP contribution in [-0.2, 0) is 6.54 Å². The maximum absolute atomic E-state index is 13.6. The largest absolute Gasteiger partial charge is 0.436 e. The van der Waals surface area contributed by atoms with Crippen LogP contribution in [0.2, 0.25) is 10.0 Å². The minimum Gasteiger partial charge on any atom is -0.436 e. The first kappa shape index (κ1) is 13.1. The number of ether oxygens (including phenoxy) is 1. The van der Waals surface area contributed by atoms with E-state index in [1.165, 1.54) is 18.3 Å². The van der Waals surface area contributed by atoms with Crippen LogP contribution in [0.1, 0.15) is 5.56 Å². The number of rotatable bonds is 3. The van der Waals surface area contributed by atoms with Gasteiger partial charge in [0.05, 0.1) is 10.0 Å². The van der Waals surface area contributed by atoms with E-state index in [-0.39, 0.29) is 23.2 Å². The number of nitrogens with two attached hydrogens (primary N) is 1. The van der Waals surface area contributed by atoms with Crippen molar-refractivity contribution in [3.8, 4) is 11.6 Å². The number of hydrogen-bond acceptors (Lipinski definition) is 3. The Balaban J connectivity index is 2.31. The lowest BCUT2D eigenvalue weighted by Gasteiger charge is -2.08. The molecule has 1 aromatic heterocycles. The van der Waals surface area contributed by atoms with Gasteiger partial charge in [0, 0.05) is 18.8 Å². The van der Waals surface area contributed by atoms with Gasteiger partial charge in [-0.2, -0.15) is 0 Å². The summed E-state index contributed by atoms with van der Waals surface area (Å²) in [5, 5.41) is 0.428. The quantitative estimate of drug-likeness (QED) is 0.934. The molecule has 0 bridgehead atoms. The lowest BCUT2D eigenvalue weighted by atomic mass is 10.2. The van der Waals surface area contributed by atoms with Crippen LogP contribution in [0.3, 0.4) is 0 Å². The lowest BCUT2D eigenvalue weighted by molar-refractivity contribution is 0.427. The number of halogens is 3. The first-order valence-corrected chi connectivity index (χ1v) is 5.83. The molecular formula is C12H9Cl2FN2O. The van der Waals surface area contributed by atoms with Crippen molar-refractivity contribution in [1.29, 1.82) is 0 Å². The fourth-order valence-electron chi connectivity index (χ4n) is 1.35. The molecule has 0 aliphatic heterocycles. The molecule has 2 N–H and O–H groups in total. The number of aromatic nitrogens is 1. The zero-order valence-corrected chi connectivity index (χ0v) is 10.7. The molecule has 1 aromatic carbocycles. The Hall–Kier alpha value is -1.36. The Morgan fingerprint density at radius 3 is 2.78 bits per heavy atom. The zero-order valence-electron chi connectivity index (χ0n) is 9.16. The van der Waals surface area contributed by atoms with Crippen molar-refractivity contribution >= 4 is 23.2 Å². The van der Waals surface area contributed by atoms with Crippen LogP contribution in [0.4, 0.5) is 4.39 Å². The van der Waals surface area contributed by atoms with E-state index in [9.17, 15) is 4.39 Å². The smallest absolute Gasteiger partial charge is 0.219 e. The zero-order chi connectivity index (χ0) is 13.1. The molecule has 94 valence electrons. The van der Waals surface area contributed by atoms with Crippen molar-refractivity contribution in [2.24, 2.45) is 5.73 Å². The molecule has 0 aliphatic carbocycles. The fraction of sp³-hybridized carbons (Fsp3) is 0.0833. The average Bonchev–Trinajstić information content (AvgIpc) is 2.37. The van der Waals surface area contributed by atoms with Crippen molar-refractivity contribution < 1.29 is 9.13 Å². The summed E-state index contributed by atoms with van der Waals surface area (Å²) in [6, 6.07) is 6.03. The summed E-state index contributed by atoms with van der Waals surface area (Å²) in [4.78, 5) is 3.93. The molecule has 0 atom stereocenters. The van der Waals surface area contributed by atoms with Crippen molar-refractivity contribution in [2.75, 3.05) is 0 Å². The van der Waals surface area contributed by atoms with Gasteiger partial charge in [-0.1, -0.05) is 29.3 Å². The van der Waals surface area contributed by atoms with E-state index in [2.05, 4.69) is 4.98 Å². The highest BCUT2D eigenvalue weighted by atomic mass is 35.5. The van der Waals surface area contributed by atoms with E-state index in [1.807, 2.05) is 0 Å². The highest BCUT2D eigenvalue weighted by molar-refractivity contribution is 6.31. The molecule has 0 fully saturated rings. The molecule has 0 aliphatic rings. The van der Waals surface area contributed by atoms with Crippen LogP contribution in [0.25, 0.3) is 0 Å². The van der Waals surface area contributed by atoms with Gasteiger partial charge in [0.1, 0.15) is 0 Å². The predicted molar refractivity (Wildman–Crippen MR) is 68.6 cm³/mol. The fourth-order valence-corrected chi connectivity index (χ4v) is 1.69. The molecule has 0 unspecified atom stereocenters. The summed E-state index contributed by atoms with van der Waals surface area (Å²) in [6.45, 7) is 0.246. The Kier molecular flexibility index (Phi) is 4.01. The van der Waals surface area contributed by atoms with Gasteiger partial charge in [0.2, 0.25) is 5.88 Å². The Bertz CT molecular complexity index is 578. The van der Waals surface area contributed by atoms with Gasteiger partial charge in [0.15, 0.2) is 11.6 Å². The SMILES string of the molecule is NCc1cc(Oc2cccc(Cl)c2F)ncc1Cl. The van der Waals surface area contributed by atoms with Gasteiger partial charge in [0.25, 0.3) is 0 Å². The second kappa shape index (κ2) is 5.52. The third kappa shape index (κ3) is 2.72. The Labute approximate surface area is 113 Å². The van der Waals surface area contributed by atoms with Gasteiger partial charge in [-0.3, -0.25) is 0 Å². The third-order valence-corrected chi connectivity index (χ3v) is 2.89. The number of benzene rings is 1. The minimum absolute atomic E-state index is 0.000272. The predicted octanol–water partition coefficient (Wildman–Crippen LogP) is 3.78. The van der Waals surface area contributed by atoms with Gasteiger partial charge in [-0.05, 0) is 17.7 Å². The van der Waals surface area contributed by atoms with Crippen molar-refractivity contribution in [1.82, 2.24) is 4.98 Å². The normalized spacial score (nSPS) is 10.4. The third-order valence-electron chi connectivity index (χ3n) is 2.26. The molecule has 6 heteroatoms. The van der Waals surface area contributed by atoms with Crippen LogP contribution in [0.5, 0.6) is 11.6 Å². The highest BCUT2D eigenvalue weighted by Crippen LogP contribution is 2.29. The summed E-state index contributed by atoms with van der Waals surface area (Å²) in [5.74, 6) is -0.425. The van der Waals surface area contributed by atoms with E-state index in [1.54, 1.807) is 12.1 Å². The molecular weight excluding hydrogens is 278 g/mol. The highest BCUT2D eigenvalue weighted by Gasteiger charge is 2.10. The summed E-state index contributed by atoms with van der Waals surface area (Å²) in [6.07, 6.45) is 1.40. The molecule has 2 rings (SSSR count). The van der Waals surface area contributed by atoms with E-state index in [0.717, 1.165) is 0 Å². The average molecular weight is 287 g/mol. The summed E-state index contributed by atoms with van der Waals surface area (Å²) < 4.78 is 18.9. The number of hydrogen-bond donors (Lipinski definition) is 1. The summed E-state index contributed by atoms with van der Waals surface area (Å²) in [7, 11) is 0. The molecule has 0 saturated carbocycles. The molecule has 18 heavy (non-hydrogen) atoms. The van der Waals surface area contributed by atoms with Gasteiger partial charge in [-0.15, -0.1) is 0 Å². The monoisotopic (exact) mass is 286 g/mol. The molecule has 1 heterocycles. The molecule has 0 spiro atoms. The maximum Gasteiger partial charge on any atom is 0.219 e. The maximum atomic E-state index is 13.6. The van der Waals surface area contributed by atoms with Crippen molar-refractivity contribution in [3.63, 3.8) is 0 Å². The molecule has 3 nitrogen and oxygen atoms in total. The molecule has 2 aromatic rings. The topological polar surface area (TPSA) is 48.1 Å². The van der Waals surface area contributed by atoms with E-state index < -0.39 is 5.82 Å². The van der Waals surface area contributed by atoms with Crippen LogP contribution >= 0.6 is 23.2 Å². The van der Waals surface area contributed by atoms with Crippen molar-refractivity contribution in [2.45, 2.75) is 6.54 Å². The summed E-state index contributed by atoms with van der Waals surface area (Å²) >= 11 is 11.5. The van der Waals surface area contributed by atoms with Crippen LogP contribution in [0, 0.1) is 5.82 Å². The van der Waals surface area contributed by atoms with Crippen LogP contribution in [-0.4, -0.2) is 4.98 Å². The standard InChI is InChI=1S/C12H9Cl2FN2O/c13-8-2-1-3-10(12(8)15)18-11-4-7(5-16)9(14)6-17-11/h1-4,6H,5,16H2. The van der Waals surface area contributed by atoms with Crippen molar-refractivity contribution in [3.05, 3.63) is 51.9 Å².